The Hall–Kier alpha value is -0.266. The van der Waals surface area contributed by atoms with Crippen LogP contribution < -0.4 is 0 Å². The number of alkyl halides is 10. The van der Waals surface area contributed by atoms with E-state index in [0.717, 1.165) is 13.8 Å². The minimum atomic E-state index is -5.71. The van der Waals surface area contributed by atoms with Gasteiger partial charge in [-0.15, -0.1) is 0 Å². The molecule has 1 unspecified atom stereocenters. The molecule has 0 aromatic heterocycles. The summed E-state index contributed by atoms with van der Waals surface area (Å²) in [6.07, 6.45) is 0. The van der Waals surface area contributed by atoms with E-state index in [1.54, 1.807) is 0 Å². The topological polar surface area (TPSA) is 0 Å². The molecule has 0 nitrogen and oxygen atoms in total. The Bertz CT molecular complexity index is 494. The predicted octanol–water partition coefficient (Wildman–Crippen LogP) is 6.56. The van der Waals surface area contributed by atoms with E-state index in [1.165, 1.54) is 13.8 Å². The molecule has 0 radical (unpaired) electrons. The third kappa shape index (κ3) is 5.86. The third-order valence-electron chi connectivity index (χ3n) is 4.64. The second kappa shape index (κ2) is 7.87. The van der Waals surface area contributed by atoms with Crippen molar-refractivity contribution in [3.63, 3.8) is 0 Å². The van der Waals surface area contributed by atoms with Crippen LogP contribution in [-0.4, -0.2) is 46.5 Å². The Kier molecular flexibility index (Phi) is 7.79. The van der Waals surface area contributed by atoms with Crippen molar-refractivity contribution in [1.82, 2.24) is 0 Å². The van der Waals surface area contributed by atoms with Crippen LogP contribution in [0.25, 0.3) is 0 Å². The van der Waals surface area contributed by atoms with Crippen LogP contribution in [0.2, 0.25) is 23.2 Å². The molecule has 0 heterocycles. The number of halogens is 10. The van der Waals surface area contributed by atoms with Crippen molar-refractivity contribution < 1.29 is 43.9 Å². The summed E-state index contributed by atoms with van der Waals surface area (Å²) in [5.41, 5.74) is -12.4. The van der Waals surface area contributed by atoms with Gasteiger partial charge in [0, 0.05) is 19.0 Å². The Morgan fingerprint density at radius 1 is 0.741 bits per heavy atom. The minimum Gasteiger partial charge on any atom is -0.208 e. The van der Waals surface area contributed by atoms with Crippen LogP contribution >= 0.6 is 0 Å². The van der Waals surface area contributed by atoms with Gasteiger partial charge in [-0.3, -0.25) is 0 Å². The van der Waals surface area contributed by atoms with E-state index < -0.39 is 69.6 Å². The van der Waals surface area contributed by atoms with Crippen LogP contribution in [0.5, 0.6) is 0 Å². The maximum Gasteiger partial charge on any atom is 0.303 e. The van der Waals surface area contributed by atoms with E-state index in [2.05, 4.69) is 0 Å². The van der Waals surface area contributed by atoms with Gasteiger partial charge in [-0.2, -0.15) is 0 Å². The van der Waals surface area contributed by atoms with Gasteiger partial charge in [0.15, 0.2) is 8.07 Å². The predicted molar refractivity (Wildman–Crippen MR) is 90.2 cm³/mol. The lowest BCUT2D eigenvalue weighted by atomic mass is 10.4. The number of hydrogen-bond donors (Lipinski definition) is 0. The molecule has 0 aromatic rings. The monoisotopic (exact) mass is 452 g/mol. The van der Waals surface area contributed by atoms with E-state index in [4.69, 9.17) is 0 Å². The van der Waals surface area contributed by atoms with Crippen molar-refractivity contribution in [2.45, 2.75) is 93.6 Å². The normalized spacial score (nSPS) is 18.0. The lowest BCUT2D eigenvalue weighted by molar-refractivity contribution is -0.167. The maximum absolute atomic E-state index is 14.6. The highest BCUT2D eigenvalue weighted by Crippen LogP contribution is 2.56. The van der Waals surface area contributed by atoms with Crippen molar-refractivity contribution in [3.05, 3.63) is 0 Å². The molecule has 0 fully saturated rings. The zero-order chi connectivity index (χ0) is 22.3. The molecule has 12 heteroatoms. The summed E-state index contributed by atoms with van der Waals surface area (Å²) < 4.78 is 141. The zero-order valence-corrected chi connectivity index (χ0v) is 18.5. The first kappa shape index (κ1) is 26.7. The molecule has 0 bridgehead atoms. The van der Waals surface area contributed by atoms with Crippen LogP contribution in [0.15, 0.2) is 0 Å². The summed E-state index contributed by atoms with van der Waals surface area (Å²) >= 11 is 0. The van der Waals surface area contributed by atoms with Crippen LogP contribution in [-0.2, 0) is 0 Å². The highest BCUT2D eigenvalue weighted by atomic mass is 28.3. The summed E-state index contributed by atoms with van der Waals surface area (Å²) in [5.74, 6) is -14.0. The van der Waals surface area contributed by atoms with Crippen molar-refractivity contribution in [2.75, 3.05) is 0 Å². The van der Waals surface area contributed by atoms with Gasteiger partial charge >= 0.3 is 11.8 Å². The Morgan fingerprint density at radius 3 is 1.41 bits per heavy atom. The first-order valence-electron chi connectivity index (χ1n) is 8.41. The highest BCUT2D eigenvalue weighted by Gasteiger charge is 2.74. The smallest absolute Gasteiger partial charge is 0.208 e. The van der Waals surface area contributed by atoms with Gasteiger partial charge in [-0.05, 0) is 12.5 Å². The molecule has 0 aliphatic heterocycles. The maximum atomic E-state index is 14.6. The summed E-state index contributed by atoms with van der Waals surface area (Å²) in [7, 11) is -8.53. The van der Waals surface area contributed by atoms with Gasteiger partial charge < -0.3 is 0 Å². The van der Waals surface area contributed by atoms with Gasteiger partial charge in [-0.1, -0.05) is 33.2 Å². The van der Waals surface area contributed by atoms with Crippen LogP contribution in [0.1, 0.15) is 41.5 Å². The molecule has 0 rings (SSSR count). The Balaban J connectivity index is 6.52. The van der Waals surface area contributed by atoms with E-state index in [-0.39, 0.29) is 13.8 Å². The average molecular weight is 453 g/mol. The van der Waals surface area contributed by atoms with Crippen LogP contribution in [0, 0.1) is 0 Å². The first-order chi connectivity index (χ1) is 11.5. The molecular formula is C15H26F10Si2. The van der Waals surface area contributed by atoms with Crippen molar-refractivity contribution >= 4 is 17.6 Å². The van der Waals surface area contributed by atoms with Crippen molar-refractivity contribution in [3.8, 4) is 0 Å². The minimum absolute atomic E-state index is 0.139. The standard InChI is InChI=1S/C15H26F10Si2/c1-9(2)26-14(22,23)13(20,21)8-27(10(3)4,7-11(5,16)17)15(24,25)12(6,18)19/h9-10H,7-8,26H2,1-6H3. The van der Waals surface area contributed by atoms with E-state index >= 15 is 0 Å². The summed E-state index contributed by atoms with van der Waals surface area (Å²) in [4.78, 5) is 0. The lowest BCUT2D eigenvalue weighted by Crippen LogP contribution is -2.68. The third-order valence-corrected chi connectivity index (χ3v) is 12.7. The molecule has 0 saturated heterocycles. The molecule has 0 saturated carbocycles. The molecular weight excluding hydrogens is 426 g/mol. The lowest BCUT2D eigenvalue weighted by Gasteiger charge is -2.47. The fourth-order valence-corrected chi connectivity index (χ4v) is 10.1. The number of hydrogen-bond acceptors (Lipinski definition) is 0. The second-order valence-corrected chi connectivity index (χ2v) is 15.9. The highest BCUT2D eigenvalue weighted by molar-refractivity contribution is 6.84. The van der Waals surface area contributed by atoms with Gasteiger partial charge in [0.2, 0.25) is 5.92 Å². The molecule has 0 aromatic carbocycles. The van der Waals surface area contributed by atoms with E-state index in [1.807, 2.05) is 0 Å². The molecule has 0 spiro atoms. The molecule has 0 aliphatic rings. The molecule has 0 amide bonds. The van der Waals surface area contributed by atoms with Gasteiger partial charge in [0.05, 0.1) is 0 Å². The van der Waals surface area contributed by atoms with Gasteiger partial charge in [-0.25, -0.2) is 43.9 Å². The SMILES string of the molecule is CC(C)[SiH2]C(F)(F)C(F)(F)C[Si](CC(C)(F)F)(C(C)C)C(F)(F)C(C)(F)F. The molecule has 1 atom stereocenters. The summed E-state index contributed by atoms with van der Waals surface area (Å²) in [6.45, 7) is 4.05. The second-order valence-electron chi connectivity index (χ2n) is 8.20. The average Bonchev–Trinajstić information content (AvgIpc) is 2.31. The van der Waals surface area contributed by atoms with Crippen molar-refractivity contribution in [2.24, 2.45) is 0 Å². The molecule has 27 heavy (non-hydrogen) atoms. The molecule has 0 N–H and O–H groups in total. The molecule has 164 valence electrons. The molecule has 0 aliphatic carbocycles. The van der Waals surface area contributed by atoms with E-state index in [9.17, 15) is 43.9 Å². The van der Waals surface area contributed by atoms with Gasteiger partial charge in [0.25, 0.3) is 11.1 Å². The fourth-order valence-electron chi connectivity index (χ4n) is 3.23. The summed E-state index contributed by atoms with van der Waals surface area (Å²) in [6, 6.07) is -4.27. The van der Waals surface area contributed by atoms with Crippen LogP contribution in [0.3, 0.4) is 0 Å². The zero-order valence-electron chi connectivity index (χ0n) is 16.1. The quantitative estimate of drug-likeness (QED) is 0.260. The largest absolute Gasteiger partial charge is 0.303 e. The fraction of sp³-hybridized carbons (Fsp3) is 1.00. The Labute approximate surface area is 155 Å². The van der Waals surface area contributed by atoms with Crippen molar-refractivity contribution in [1.29, 1.82) is 0 Å². The Morgan fingerprint density at radius 2 is 1.15 bits per heavy atom. The van der Waals surface area contributed by atoms with Crippen LogP contribution in [0.4, 0.5) is 43.9 Å². The van der Waals surface area contributed by atoms with Gasteiger partial charge in [0.1, 0.15) is 9.52 Å². The van der Waals surface area contributed by atoms with E-state index in [0.29, 0.717) is 0 Å². The summed E-state index contributed by atoms with van der Waals surface area (Å²) in [5, 5.41) is 0. The first-order valence-corrected chi connectivity index (χ1v) is 12.4. The number of rotatable bonds is 10.